The Labute approximate surface area is 120 Å². The molecule has 1 heterocycles. The van der Waals surface area contributed by atoms with Gasteiger partial charge in [-0.15, -0.1) is 0 Å². The van der Waals surface area contributed by atoms with Gasteiger partial charge in [-0.3, -0.25) is 9.59 Å². The van der Waals surface area contributed by atoms with Gasteiger partial charge in [-0.1, -0.05) is 19.1 Å². The summed E-state index contributed by atoms with van der Waals surface area (Å²) >= 11 is 0. The smallest absolute Gasteiger partial charge is 0.307 e. The van der Waals surface area contributed by atoms with Crippen LogP contribution in [0.25, 0.3) is 0 Å². The molecule has 3 atom stereocenters. The van der Waals surface area contributed by atoms with Crippen molar-refractivity contribution < 1.29 is 14.7 Å². The molecule has 1 aliphatic carbocycles. The summed E-state index contributed by atoms with van der Waals surface area (Å²) in [5.41, 5.74) is 0. The van der Waals surface area contributed by atoms with Gasteiger partial charge in [0.2, 0.25) is 5.91 Å². The lowest BCUT2D eigenvalue weighted by atomic mass is 9.82. The van der Waals surface area contributed by atoms with Crippen LogP contribution in [-0.4, -0.2) is 47.6 Å². The van der Waals surface area contributed by atoms with Gasteiger partial charge in [0.15, 0.2) is 0 Å². The Morgan fingerprint density at radius 3 is 2.65 bits per heavy atom. The van der Waals surface area contributed by atoms with Crippen LogP contribution in [0.15, 0.2) is 12.2 Å². The van der Waals surface area contributed by atoms with Crippen LogP contribution in [-0.2, 0) is 9.59 Å². The molecule has 1 saturated heterocycles. The molecule has 5 heteroatoms. The maximum atomic E-state index is 12.3. The number of likely N-dealkylation sites (tertiary alicyclic amines) is 1. The van der Waals surface area contributed by atoms with E-state index < -0.39 is 17.8 Å². The predicted octanol–water partition coefficient (Wildman–Crippen LogP) is 1.25. The Balaban J connectivity index is 1.93. The summed E-state index contributed by atoms with van der Waals surface area (Å²) in [7, 11) is 0. The molecule has 0 spiro atoms. The van der Waals surface area contributed by atoms with E-state index >= 15 is 0 Å². The maximum absolute atomic E-state index is 12.3. The highest BCUT2D eigenvalue weighted by Crippen LogP contribution is 2.26. The molecule has 5 nitrogen and oxygen atoms in total. The van der Waals surface area contributed by atoms with Crippen molar-refractivity contribution >= 4 is 11.9 Å². The lowest BCUT2D eigenvalue weighted by molar-refractivity contribution is -0.147. The standard InChI is InChI=1S/C15H24N2O3/c1-2-17-9-5-6-11(10-17)16-14(18)12-7-3-4-8-13(12)15(19)20/h3-4,11-13H,2,5-10H2,1H3,(H,16,18)(H,19,20). The first kappa shape index (κ1) is 15.0. The van der Waals surface area contributed by atoms with Crippen LogP contribution in [0.1, 0.15) is 32.6 Å². The molecule has 1 aliphatic heterocycles. The van der Waals surface area contributed by atoms with E-state index in [1.54, 1.807) is 0 Å². The average Bonchev–Trinajstić information content (AvgIpc) is 2.47. The zero-order valence-corrected chi connectivity index (χ0v) is 12.0. The topological polar surface area (TPSA) is 69.6 Å². The lowest BCUT2D eigenvalue weighted by Gasteiger charge is -2.34. The molecular formula is C15H24N2O3. The number of likely N-dealkylation sites (N-methyl/N-ethyl adjacent to an activating group) is 1. The van der Waals surface area contributed by atoms with Crippen LogP contribution in [0.2, 0.25) is 0 Å². The van der Waals surface area contributed by atoms with Crippen LogP contribution < -0.4 is 5.32 Å². The highest BCUT2D eigenvalue weighted by atomic mass is 16.4. The number of allylic oxidation sites excluding steroid dienone is 2. The molecule has 2 N–H and O–H groups in total. The summed E-state index contributed by atoms with van der Waals surface area (Å²) in [6.07, 6.45) is 6.85. The van der Waals surface area contributed by atoms with Crippen LogP contribution in [0.3, 0.4) is 0 Å². The van der Waals surface area contributed by atoms with Gasteiger partial charge in [-0.05, 0) is 38.8 Å². The number of piperidine rings is 1. The van der Waals surface area contributed by atoms with Crippen molar-refractivity contribution in [3.63, 3.8) is 0 Å². The number of carboxylic acid groups (broad SMARTS) is 1. The van der Waals surface area contributed by atoms with Crippen LogP contribution >= 0.6 is 0 Å². The van der Waals surface area contributed by atoms with Crippen molar-refractivity contribution in [2.45, 2.75) is 38.6 Å². The Bertz CT molecular complexity index is 395. The van der Waals surface area contributed by atoms with Crippen molar-refractivity contribution in [2.75, 3.05) is 19.6 Å². The number of aliphatic carboxylic acids is 1. The molecule has 0 radical (unpaired) electrons. The van der Waals surface area contributed by atoms with Crippen molar-refractivity contribution in [3.8, 4) is 0 Å². The zero-order valence-electron chi connectivity index (χ0n) is 12.0. The number of carbonyl (C=O) groups excluding carboxylic acids is 1. The SMILES string of the molecule is CCN1CCCC(NC(=O)C2CC=CCC2C(=O)O)C1. The number of amides is 1. The lowest BCUT2D eigenvalue weighted by Crippen LogP contribution is -2.50. The molecule has 112 valence electrons. The van der Waals surface area contributed by atoms with Gasteiger partial charge in [0.1, 0.15) is 0 Å². The molecule has 2 rings (SSSR count). The van der Waals surface area contributed by atoms with Crippen LogP contribution in [0, 0.1) is 11.8 Å². The first-order valence-electron chi connectivity index (χ1n) is 7.52. The Morgan fingerprint density at radius 1 is 1.30 bits per heavy atom. The Hall–Kier alpha value is -1.36. The molecule has 0 saturated carbocycles. The average molecular weight is 280 g/mol. The first-order valence-corrected chi connectivity index (χ1v) is 7.52. The van der Waals surface area contributed by atoms with E-state index in [0.29, 0.717) is 12.8 Å². The third-order valence-electron chi connectivity index (χ3n) is 4.39. The van der Waals surface area contributed by atoms with Gasteiger partial charge in [-0.25, -0.2) is 0 Å². The molecule has 0 bridgehead atoms. The molecule has 20 heavy (non-hydrogen) atoms. The molecular weight excluding hydrogens is 256 g/mol. The summed E-state index contributed by atoms with van der Waals surface area (Å²) < 4.78 is 0. The summed E-state index contributed by atoms with van der Waals surface area (Å²) in [5, 5.41) is 12.3. The predicted molar refractivity (Wildman–Crippen MR) is 76.3 cm³/mol. The number of nitrogens with zero attached hydrogens (tertiary/aromatic N) is 1. The van der Waals surface area contributed by atoms with Crippen molar-refractivity contribution in [3.05, 3.63) is 12.2 Å². The largest absolute Gasteiger partial charge is 0.481 e. The summed E-state index contributed by atoms with van der Waals surface area (Å²) in [5.74, 6) is -1.96. The number of nitrogens with one attached hydrogen (secondary N) is 1. The van der Waals surface area contributed by atoms with Gasteiger partial charge in [-0.2, -0.15) is 0 Å². The van der Waals surface area contributed by atoms with E-state index in [1.165, 1.54) is 0 Å². The number of hydrogen-bond donors (Lipinski definition) is 2. The van der Waals surface area contributed by atoms with E-state index in [0.717, 1.165) is 32.5 Å². The highest BCUT2D eigenvalue weighted by molar-refractivity contribution is 5.85. The fourth-order valence-electron chi connectivity index (χ4n) is 3.15. The Kier molecular flexibility index (Phi) is 5.17. The minimum Gasteiger partial charge on any atom is -0.481 e. The van der Waals surface area contributed by atoms with E-state index in [4.69, 9.17) is 0 Å². The number of hydrogen-bond acceptors (Lipinski definition) is 3. The highest BCUT2D eigenvalue weighted by Gasteiger charge is 2.35. The fourth-order valence-corrected chi connectivity index (χ4v) is 3.15. The summed E-state index contributed by atoms with van der Waals surface area (Å²) in [6, 6.07) is 0.163. The second-order valence-corrected chi connectivity index (χ2v) is 5.74. The third-order valence-corrected chi connectivity index (χ3v) is 4.39. The first-order chi connectivity index (χ1) is 9.61. The monoisotopic (exact) mass is 280 g/mol. The van der Waals surface area contributed by atoms with Crippen LogP contribution in [0.4, 0.5) is 0 Å². The van der Waals surface area contributed by atoms with E-state index in [1.807, 2.05) is 12.2 Å². The van der Waals surface area contributed by atoms with Crippen LogP contribution in [0.5, 0.6) is 0 Å². The fraction of sp³-hybridized carbons (Fsp3) is 0.733. The molecule has 1 fully saturated rings. The molecule has 0 aromatic rings. The number of rotatable bonds is 4. The molecule has 1 amide bonds. The molecule has 3 unspecified atom stereocenters. The quantitative estimate of drug-likeness (QED) is 0.761. The van der Waals surface area contributed by atoms with Crippen molar-refractivity contribution in [1.82, 2.24) is 10.2 Å². The van der Waals surface area contributed by atoms with Crippen molar-refractivity contribution in [1.29, 1.82) is 0 Å². The van der Waals surface area contributed by atoms with Gasteiger partial charge >= 0.3 is 5.97 Å². The van der Waals surface area contributed by atoms with Gasteiger partial charge < -0.3 is 15.3 Å². The van der Waals surface area contributed by atoms with E-state index in [-0.39, 0.29) is 11.9 Å². The van der Waals surface area contributed by atoms with Gasteiger partial charge in [0.25, 0.3) is 0 Å². The summed E-state index contributed by atoms with van der Waals surface area (Å²) in [4.78, 5) is 25.9. The zero-order chi connectivity index (χ0) is 14.5. The normalized spacial score (nSPS) is 30.9. The van der Waals surface area contributed by atoms with E-state index in [9.17, 15) is 14.7 Å². The minimum atomic E-state index is -0.867. The molecule has 2 aliphatic rings. The second kappa shape index (κ2) is 6.88. The molecule has 0 aromatic heterocycles. The maximum Gasteiger partial charge on any atom is 0.307 e. The Morgan fingerprint density at radius 2 is 2.00 bits per heavy atom. The minimum absolute atomic E-state index is 0.0929. The van der Waals surface area contributed by atoms with Gasteiger partial charge in [0.05, 0.1) is 11.8 Å². The van der Waals surface area contributed by atoms with Crippen molar-refractivity contribution in [2.24, 2.45) is 11.8 Å². The van der Waals surface area contributed by atoms with E-state index in [2.05, 4.69) is 17.1 Å². The third kappa shape index (κ3) is 3.60. The molecule has 0 aromatic carbocycles. The number of carbonyl (C=O) groups is 2. The summed E-state index contributed by atoms with van der Waals surface area (Å²) in [6.45, 7) is 5.09. The number of carboxylic acids is 1. The second-order valence-electron chi connectivity index (χ2n) is 5.74. The van der Waals surface area contributed by atoms with Gasteiger partial charge in [0, 0.05) is 12.6 Å².